The number of rotatable bonds is 2. The summed E-state index contributed by atoms with van der Waals surface area (Å²) >= 11 is 1.19. The molecule has 1 aliphatic rings. The van der Waals surface area contributed by atoms with Gasteiger partial charge in [0.1, 0.15) is 6.04 Å². The monoisotopic (exact) mass is 191 g/mol. The van der Waals surface area contributed by atoms with Gasteiger partial charge in [-0.25, -0.2) is 4.79 Å². The normalized spacial score (nSPS) is 28.4. The van der Waals surface area contributed by atoms with E-state index in [0.717, 1.165) is 0 Å². The van der Waals surface area contributed by atoms with E-state index in [1.54, 1.807) is 0 Å². The molecular weight excluding hydrogens is 182 g/mol. The van der Waals surface area contributed by atoms with Crippen molar-refractivity contribution in [2.75, 3.05) is 12.9 Å². The Morgan fingerprint density at radius 2 is 2.33 bits per heavy atom. The van der Waals surface area contributed by atoms with Gasteiger partial charge in [-0.15, -0.1) is 11.8 Å². The average Bonchev–Trinajstić information content (AvgIpc) is 2.51. The standard InChI is InChI=1S/C6H9NO4S/c1-11-6(10)3-2-12-4(7-3)5(8)9/h3-4,7H,2H2,1H3,(H,8,9)/t3-,4+/m0/s1. The van der Waals surface area contributed by atoms with Crippen molar-refractivity contribution in [3.8, 4) is 0 Å². The first kappa shape index (κ1) is 9.34. The van der Waals surface area contributed by atoms with Crippen molar-refractivity contribution in [1.82, 2.24) is 5.32 Å². The van der Waals surface area contributed by atoms with Gasteiger partial charge < -0.3 is 9.84 Å². The van der Waals surface area contributed by atoms with E-state index >= 15 is 0 Å². The molecule has 0 aliphatic carbocycles. The highest BCUT2D eigenvalue weighted by molar-refractivity contribution is 8.00. The van der Waals surface area contributed by atoms with Crippen molar-refractivity contribution < 1.29 is 19.4 Å². The number of methoxy groups -OCH3 is 1. The van der Waals surface area contributed by atoms with Gasteiger partial charge in [0.25, 0.3) is 0 Å². The van der Waals surface area contributed by atoms with Crippen LogP contribution in [0, 0.1) is 0 Å². The van der Waals surface area contributed by atoms with Gasteiger partial charge in [0, 0.05) is 5.75 Å². The molecule has 0 saturated carbocycles. The molecule has 0 aromatic heterocycles. The predicted octanol–water partition coefficient (Wildman–Crippen LogP) is -0.725. The second kappa shape index (κ2) is 3.77. The van der Waals surface area contributed by atoms with Gasteiger partial charge in [0.2, 0.25) is 0 Å². The Kier molecular flexibility index (Phi) is 2.93. The van der Waals surface area contributed by atoms with Crippen molar-refractivity contribution in [3.63, 3.8) is 0 Å². The lowest BCUT2D eigenvalue weighted by Crippen LogP contribution is -2.40. The Hall–Kier alpha value is -0.750. The molecule has 0 spiro atoms. The molecule has 12 heavy (non-hydrogen) atoms. The lowest BCUT2D eigenvalue weighted by molar-refractivity contribution is -0.142. The van der Waals surface area contributed by atoms with Crippen molar-refractivity contribution >= 4 is 23.7 Å². The Balaban J connectivity index is 2.45. The number of nitrogens with one attached hydrogen (secondary N) is 1. The molecule has 0 aromatic rings. The van der Waals surface area contributed by atoms with Gasteiger partial charge in [-0.2, -0.15) is 0 Å². The summed E-state index contributed by atoms with van der Waals surface area (Å²) in [7, 11) is 1.28. The van der Waals surface area contributed by atoms with Gasteiger partial charge >= 0.3 is 11.9 Å². The van der Waals surface area contributed by atoms with Crippen molar-refractivity contribution in [2.24, 2.45) is 0 Å². The number of carboxylic acid groups (broad SMARTS) is 1. The Morgan fingerprint density at radius 3 is 2.75 bits per heavy atom. The second-order valence-electron chi connectivity index (χ2n) is 2.29. The molecule has 1 aliphatic heterocycles. The maximum atomic E-state index is 10.9. The minimum atomic E-state index is -0.952. The van der Waals surface area contributed by atoms with Crippen LogP contribution in [0.1, 0.15) is 0 Å². The second-order valence-corrected chi connectivity index (χ2v) is 3.43. The molecule has 6 heteroatoms. The van der Waals surface area contributed by atoms with E-state index in [2.05, 4.69) is 10.1 Å². The van der Waals surface area contributed by atoms with Gasteiger partial charge in [-0.1, -0.05) is 0 Å². The number of hydrogen-bond donors (Lipinski definition) is 2. The highest BCUT2D eigenvalue weighted by Gasteiger charge is 2.34. The quantitative estimate of drug-likeness (QED) is 0.561. The van der Waals surface area contributed by atoms with E-state index in [0.29, 0.717) is 5.75 Å². The highest BCUT2D eigenvalue weighted by Crippen LogP contribution is 2.19. The summed E-state index contributed by atoms with van der Waals surface area (Å²) in [5.41, 5.74) is 0. The average molecular weight is 191 g/mol. The van der Waals surface area contributed by atoms with Gasteiger partial charge in [-0.05, 0) is 0 Å². The van der Waals surface area contributed by atoms with Crippen LogP contribution in [0.3, 0.4) is 0 Å². The SMILES string of the molecule is COC(=O)[C@@H]1CS[C@H](C(=O)O)N1. The maximum absolute atomic E-state index is 10.9. The van der Waals surface area contributed by atoms with E-state index in [9.17, 15) is 9.59 Å². The molecule has 0 bridgehead atoms. The summed E-state index contributed by atoms with van der Waals surface area (Å²) in [5.74, 6) is -0.915. The fraction of sp³-hybridized carbons (Fsp3) is 0.667. The molecule has 0 radical (unpaired) electrons. The molecule has 0 aromatic carbocycles. The number of hydrogen-bond acceptors (Lipinski definition) is 5. The van der Waals surface area contributed by atoms with E-state index < -0.39 is 23.4 Å². The molecule has 1 fully saturated rings. The number of thioether (sulfide) groups is 1. The zero-order valence-electron chi connectivity index (χ0n) is 6.44. The number of esters is 1. The van der Waals surface area contributed by atoms with Crippen LogP contribution in [0.4, 0.5) is 0 Å². The van der Waals surface area contributed by atoms with E-state index in [1.807, 2.05) is 0 Å². The first-order valence-corrected chi connectivity index (χ1v) is 4.38. The minimum absolute atomic E-state index is 0.411. The Bertz CT molecular complexity index is 208. The first-order chi connectivity index (χ1) is 5.65. The smallest absolute Gasteiger partial charge is 0.331 e. The van der Waals surface area contributed by atoms with Crippen LogP contribution < -0.4 is 5.32 Å². The minimum Gasteiger partial charge on any atom is -0.479 e. The largest absolute Gasteiger partial charge is 0.479 e. The van der Waals surface area contributed by atoms with Crippen LogP contribution in [0.5, 0.6) is 0 Å². The topological polar surface area (TPSA) is 75.6 Å². The van der Waals surface area contributed by atoms with Crippen molar-refractivity contribution in [3.05, 3.63) is 0 Å². The lowest BCUT2D eigenvalue weighted by atomic mass is 10.3. The van der Waals surface area contributed by atoms with Crippen LogP contribution in [-0.2, 0) is 14.3 Å². The summed E-state index contributed by atoms with van der Waals surface area (Å²) in [6.45, 7) is 0. The molecule has 0 unspecified atom stereocenters. The van der Waals surface area contributed by atoms with Gasteiger partial charge in [-0.3, -0.25) is 10.1 Å². The number of aliphatic carboxylic acids is 1. The summed E-state index contributed by atoms with van der Waals surface area (Å²) < 4.78 is 4.45. The fourth-order valence-corrected chi connectivity index (χ4v) is 1.91. The molecule has 1 heterocycles. The lowest BCUT2D eigenvalue weighted by Gasteiger charge is -2.07. The summed E-state index contributed by atoms with van der Waals surface area (Å²) in [6.07, 6.45) is 0. The van der Waals surface area contributed by atoms with Crippen LogP contribution in [0.25, 0.3) is 0 Å². The maximum Gasteiger partial charge on any atom is 0.331 e. The first-order valence-electron chi connectivity index (χ1n) is 3.33. The molecule has 68 valence electrons. The predicted molar refractivity (Wildman–Crippen MR) is 42.8 cm³/mol. The van der Waals surface area contributed by atoms with E-state index in [4.69, 9.17) is 5.11 Å². The van der Waals surface area contributed by atoms with Gasteiger partial charge in [0.05, 0.1) is 7.11 Å². The molecule has 2 atom stereocenters. The number of carbonyl (C=O) groups excluding carboxylic acids is 1. The van der Waals surface area contributed by atoms with Crippen molar-refractivity contribution in [2.45, 2.75) is 11.4 Å². The zero-order chi connectivity index (χ0) is 9.14. The number of carboxylic acids is 1. The molecule has 1 saturated heterocycles. The van der Waals surface area contributed by atoms with Crippen LogP contribution in [0.2, 0.25) is 0 Å². The molecule has 0 amide bonds. The van der Waals surface area contributed by atoms with Crippen LogP contribution >= 0.6 is 11.8 Å². The Morgan fingerprint density at radius 1 is 1.67 bits per heavy atom. The summed E-state index contributed by atoms with van der Waals surface area (Å²) in [4.78, 5) is 21.3. The molecule has 1 rings (SSSR count). The number of ether oxygens (including phenoxy) is 1. The fourth-order valence-electron chi connectivity index (χ4n) is 0.892. The third-order valence-electron chi connectivity index (χ3n) is 1.49. The summed E-state index contributed by atoms with van der Waals surface area (Å²) in [5, 5.41) is 10.5. The molecule has 5 nitrogen and oxygen atoms in total. The van der Waals surface area contributed by atoms with Crippen molar-refractivity contribution in [1.29, 1.82) is 0 Å². The van der Waals surface area contributed by atoms with Gasteiger partial charge in [0.15, 0.2) is 5.37 Å². The summed E-state index contributed by atoms with van der Waals surface area (Å²) in [6, 6.07) is -0.485. The van der Waals surface area contributed by atoms with E-state index in [-0.39, 0.29) is 0 Å². The zero-order valence-corrected chi connectivity index (χ0v) is 7.26. The molecule has 2 N–H and O–H groups in total. The third kappa shape index (κ3) is 1.89. The molecular formula is C6H9NO4S. The van der Waals surface area contributed by atoms with Crippen LogP contribution in [0.15, 0.2) is 0 Å². The Labute approximate surface area is 73.5 Å². The van der Waals surface area contributed by atoms with E-state index in [1.165, 1.54) is 18.9 Å². The highest BCUT2D eigenvalue weighted by atomic mass is 32.2. The van der Waals surface area contributed by atoms with Crippen LogP contribution in [-0.4, -0.2) is 41.3 Å². The number of carbonyl (C=O) groups is 2. The third-order valence-corrected chi connectivity index (χ3v) is 2.69.